The van der Waals surface area contributed by atoms with Gasteiger partial charge in [0.15, 0.2) is 0 Å². The first kappa shape index (κ1) is 12.6. The molecule has 0 saturated carbocycles. The van der Waals surface area contributed by atoms with Crippen LogP contribution in [0.1, 0.15) is 45.4 Å². The van der Waals surface area contributed by atoms with Crippen LogP contribution in [0.2, 0.25) is 0 Å². The largest absolute Gasteiger partial charge is 0.455 e. The lowest BCUT2D eigenvalue weighted by molar-refractivity contribution is -0.155. The first-order valence-corrected chi connectivity index (χ1v) is 6.80. The third-order valence-electron chi connectivity index (χ3n) is 3.69. The number of likely N-dealkylation sites (tertiary alicyclic amines) is 1. The topological polar surface area (TPSA) is 29.5 Å². The Hall–Kier alpha value is -0.830. The highest BCUT2D eigenvalue weighted by atomic mass is 16.6. The van der Waals surface area contributed by atoms with Gasteiger partial charge in [-0.1, -0.05) is 6.08 Å². The molecule has 0 aromatic heterocycles. The lowest BCUT2D eigenvalue weighted by atomic mass is 9.93. The smallest absolute Gasteiger partial charge is 0.307 e. The molecule has 0 N–H and O–H groups in total. The van der Waals surface area contributed by atoms with Crippen molar-refractivity contribution < 1.29 is 9.53 Å². The normalized spacial score (nSPS) is 29.5. The number of nitrogens with zero attached hydrogens (tertiary/aromatic N) is 1. The van der Waals surface area contributed by atoms with Gasteiger partial charge in [-0.2, -0.15) is 0 Å². The second-order valence-corrected chi connectivity index (χ2v) is 5.38. The zero-order valence-electron chi connectivity index (χ0n) is 10.8. The molecular formula is C14H23NO2. The minimum atomic E-state index is -0.347. The van der Waals surface area contributed by atoms with Gasteiger partial charge in [0.2, 0.25) is 0 Å². The number of hydrogen-bond acceptors (Lipinski definition) is 3. The van der Waals surface area contributed by atoms with Crippen molar-refractivity contribution in [1.29, 1.82) is 0 Å². The molecule has 0 aromatic carbocycles. The Morgan fingerprint density at radius 1 is 1.35 bits per heavy atom. The van der Waals surface area contributed by atoms with E-state index in [2.05, 4.69) is 11.0 Å². The van der Waals surface area contributed by atoms with Gasteiger partial charge in [0.1, 0.15) is 5.60 Å². The minimum absolute atomic E-state index is 0.0500. The van der Waals surface area contributed by atoms with Crippen molar-refractivity contribution in [2.45, 2.75) is 51.0 Å². The van der Waals surface area contributed by atoms with Crippen LogP contribution in [-0.2, 0) is 9.53 Å². The van der Waals surface area contributed by atoms with E-state index in [1.165, 1.54) is 12.8 Å². The standard InChI is InChI=1S/C14H23NO2/c1-14(8-3-2-4-9-14)17-13(16)7-12-15-10-5-6-11-15/h3,8H,2,4-7,9-12H2,1H3. The van der Waals surface area contributed by atoms with Crippen molar-refractivity contribution in [3.8, 4) is 0 Å². The fraction of sp³-hybridized carbons (Fsp3) is 0.786. The fourth-order valence-corrected chi connectivity index (χ4v) is 2.64. The number of carbonyl (C=O) groups excluding carboxylic acids is 1. The van der Waals surface area contributed by atoms with E-state index in [0.29, 0.717) is 6.42 Å². The molecule has 3 nitrogen and oxygen atoms in total. The highest BCUT2D eigenvalue weighted by Crippen LogP contribution is 2.25. The van der Waals surface area contributed by atoms with Crippen LogP contribution in [-0.4, -0.2) is 36.1 Å². The molecule has 1 unspecified atom stereocenters. The van der Waals surface area contributed by atoms with E-state index in [0.717, 1.165) is 38.9 Å². The molecule has 1 fully saturated rings. The van der Waals surface area contributed by atoms with Crippen molar-refractivity contribution in [3.05, 3.63) is 12.2 Å². The molecule has 2 aliphatic rings. The summed E-state index contributed by atoms with van der Waals surface area (Å²) in [5.74, 6) is -0.0500. The summed E-state index contributed by atoms with van der Waals surface area (Å²) in [6.07, 6.45) is 10.4. The molecule has 0 amide bonds. The van der Waals surface area contributed by atoms with Crippen molar-refractivity contribution in [2.75, 3.05) is 19.6 Å². The van der Waals surface area contributed by atoms with Gasteiger partial charge in [-0.3, -0.25) is 4.79 Å². The SMILES string of the molecule is CC1(OC(=O)CCN2CCCC2)C=CCCC1. The molecule has 1 atom stereocenters. The summed E-state index contributed by atoms with van der Waals surface area (Å²) in [5.41, 5.74) is -0.347. The van der Waals surface area contributed by atoms with E-state index >= 15 is 0 Å². The lowest BCUT2D eigenvalue weighted by Gasteiger charge is -2.29. The van der Waals surface area contributed by atoms with E-state index in [4.69, 9.17) is 4.74 Å². The number of esters is 1. The van der Waals surface area contributed by atoms with Crippen LogP contribution in [0, 0.1) is 0 Å². The quantitative estimate of drug-likeness (QED) is 0.556. The Bertz CT molecular complexity index is 295. The third kappa shape index (κ3) is 3.84. The molecule has 0 spiro atoms. The summed E-state index contributed by atoms with van der Waals surface area (Å²) in [4.78, 5) is 14.1. The average Bonchev–Trinajstić information content (AvgIpc) is 2.79. The van der Waals surface area contributed by atoms with Gasteiger partial charge >= 0.3 is 5.97 Å². The average molecular weight is 237 g/mol. The molecule has 1 aliphatic heterocycles. The molecule has 96 valence electrons. The minimum Gasteiger partial charge on any atom is -0.455 e. The van der Waals surface area contributed by atoms with Crippen LogP contribution >= 0.6 is 0 Å². The summed E-state index contributed by atoms with van der Waals surface area (Å²) >= 11 is 0. The number of rotatable bonds is 4. The zero-order chi connectivity index (χ0) is 12.1. The summed E-state index contributed by atoms with van der Waals surface area (Å²) in [5, 5.41) is 0. The molecule has 17 heavy (non-hydrogen) atoms. The molecule has 1 aliphatic carbocycles. The van der Waals surface area contributed by atoms with Crippen LogP contribution < -0.4 is 0 Å². The highest BCUT2D eigenvalue weighted by molar-refractivity contribution is 5.70. The number of hydrogen-bond donors (Lipinski definition) is 0. The molecule has 0 bridgehead atoms. The summed E-state index contributed by atoms with van der Waals surface area (Å²) in [7, 11) is 0. The maximum Gasteiger partial charge on any atom is 0.307 e. The summed E-state index contributed by atoms with van der Waals surface area (Å²) in [6.45, 7) is 5.16. The highest BCUT2D eigenvalue weighted by Gasteiger charge is 2.27. The monoisotopic (exact) mass is 237 g/mol. The van der Waals surface area contributed by atoms with Gasteiger partial charge in [-0.05, 0) is 58.2 Å². The van der Waals surface area contributed by atoms with E-state index in [-0.39, 0.29) is 11.6 Å². The first-order chi connectivity index (χ1) is 8.18. The second-order valence-electron chi connectivity index (χ2n) is 5.38. The van der Waals surface area contributed by atoms with Crippen molar-refractivity contribution in [3.63, 3.8) is 0 Å². The molecular weight excluding hydrogens is 214 g/mol. The molecule has 2 rings (SSSR count). The van der Waals surface area contributed by atoms with Crippen LogP contribution in [0.3, 0.4) is 0 Å². The van der Waals surface area contributed by atoms with Gasteiger partial charge in [0.25, 0.3) is 0 Å². The Labute approximate surface area is 104 Å². The molecule has 0 aromatic rings. The zero-order valence-corrected chi connectivity index (χ0v) is 10.8. The van der Waals surface area contributed by atoms with E-state index < -0.39 is 0 Å². The Balaban J connectivity index is 1.72. The van der Waals surface area contributed by atoms with Crippen molar-refractivity contribution in [2.24, 2.45) is 0 Å². The predicted molar refractivity (Wildman–Crippen MR) is 67.8 cm³/mol. The summed E-state index contributed by atoms with van der Waals surface area (Å²) in [6, 6.07) is 0. The number of ether oxygens (including phenoxy) is 1. The van der Waals surface area contributed by atoms with E-state index in [1.807, 2.05) is 13.0 Å². The Morgan fingerprint density at radius 3 is 2.76 bits per heavy atom. The molecule has 0 radical (unpaired) electrons. The van der Waals surface area contributed by atoms with Crippen LogP contribution in [0.4, 0.5) is 0 Å². The molecule has 1 heterocycles. The maximum atomic E-state index is 11.8. The van der Waals surface area contributed by atoms with Gasteiger partial charge in [0, 0.05) is 6.54 Å². The predicted octanol–water partition coefficient (Wildman–Crippen LogP) is 2.51. The van der Waals surface area contributed by atoms with Gasteiger partial charge in [-0.25, -0.2) is 0 Å². The summed E-state index contributed by atoms with van der Waals surface area (Å²) < 4.78 is 5.59. The van der Waals surface area contributed by atoms with Crippen molar-refractivity contribution in [1.82, 2.24) is 4.90 Å². The van der Waals surface area contributed by atoms with Crippen LogP contribution in [0.5, 0.6) is 0 Å². The maximum absolute atomic E-state index is 11.8. The number of carbonyl (C=O) groups is 1. The van der Waals surface area contributed by atoms with Crippen molar-refractivity contribution >= 4 is 5.97 Å². The van der Waals surface area contributed by atoms with Crippen LogP contribution in [0.15, 0.2) is 12.2 Å². The first-order valence-electron chi connectivity index (χ1n) is 6.80. The van der Waals surface area contributed by atoms with Crippen LogP contribution in [0.25, 0.3) is 0 Å². The Morgan fingerprint density at radius 2 is 2.12 bits per heavy atom. The molecule has 3 heteroatoms. The van der Waals surface area contributed by atoms with Gasteiger partial charge in [-0.15, -0.1) is 0 Å². The lowest BCUT2D eigenvalue weighted by Crippen LogP contribution is -2.32. The second kappa shape index (κ2) is 5.67. The third-order valence-corrected chi connectivity index (χ3v) is 3.69. The van der Waals surface area contributed by atoms with Gasteiger partial charge < -0.3 is 9.64 Å². The van der Waals surface area contributed by atoms with Gasteiger partial charge in [0.05, 0.1) is 6.42 Å². The van der Waals surface area contributed by atoms with E-state index in [1.54, 1.807) is 0 Å². The fourth-order valence-electron chi connectivity index (χ4n) is 2.64. The molecule has 1 saturated heterocycles. The van der Waals surface area contributed by atoms with E-state index in [9.17, 15) is 4.79 Å². The Kier molecular flexibility index (Phi) is 4.21. The number of allylic oxidation sites excluding steroid dienone is 1.